The normalized spacial score (nSPS) is 16.7. The zero-order valence-electron chi connectivity index (χ0n) is 11.7. The predicted octanol–water partition coefficient (Wildman–Crippen LogP) is 0.988. The molecule has 0 radical (unpaired) electrons. The molecule has 2 N–H and O–H groups in total. The summed E-state index contributed by atoms with van der Waals surface area (Å²) in [6.07, 6.45) is -0.369. The fourth-order valence-electron chi connectivity index (χ4n) is 2.10. The number of aliphatic hydroxyl groups is 1. The summed E-state index contributed by atoms with van der Waals surface area (Å²) in [5.41, 5.74) is 1.13. The third-order valence-electron chi connectivity index (χ3n) is 3.13. The molecule has 0 aliphatic carbocycles. The van der Waals surface area contributed by atoms with Crippen LogP contribution in [0.25, 0.3) is 0 Å². The first kappa shape index (κ1) is 14.1. The maximum absolute atomic E-state index is 9.82. The third-order valence-corrected chi connectivity index (χ3v) is 3.13. The van der Waals surface area contributed by atoms with Crippen molar-refractivity contribution in [2.45, 2.75) is 19.1 Å². The molecule has 1 aromatic carbocycles. The van der Waals surface area contributed by atoms with Crippen LogP contribution in [0.1, 0.15) is 18.5 Å². The molecule has 0 amide bonds. The Morgan fingerprint density at radius 2 is 2.05 bits per heavy atom. The van der Waals surface area contributed by atoms with E-state index in [1.807, 2.05) is 37.2 Å². The summed E-state index contributed by atoms with van der Waals surface area (Å²) in [6, 6.07) is 6.08. The highest BCUT2D eigenvalue weighted by Crippen LogP contribution is 2.34. The second kappa shape index (κ2) is 6.23. The minimum Gasteiger partial charge on any atom is -0.454 e. The van der Waals surface area contributed by atoms with Crippen LogP contribution in [0.15, 0.2) is 18.2 Å². The van der Waals surface area contributed by atoms with Gasteiger partial charge in [-0.1, -0.05) is 6.07 Å². The van der Waals surface area contributed by atoms with E-state index in [-0.39, 0.29) is 12.1 Å². The Morgan fingerprint density at radius 1 is 1.32 bits per heavy atom. The van der Waals surface area contributed by atoms with Crippen molar-refractivity contribution in [2.75, 3.05) is 34.0 Å². The Kier molecular flexibility index (Phi) is 4.63. The van der Waals surface area contributed by atoms with Crippen LogP contribution in [0.2, 0.25) is 0 Å². The lowest BCUT2D eigenvalue weighted by Gasteiger charge is -2.20. The number of likely N-dealkylation sites (N-methyl/N-ethyl adjacent to an activating group) is 1. The molecule has 5 nitrogen and oxygen atoms in total. The molecular weight excluding hydrogens is 244 g/mol. The summed E-state index contributed by atoms with van der Waals surface area (Å²) in [5.74, 6) is 1.59. The van der Waals surface area contributed by atoms with Gasteiger partial charge in [0.1, 0.15) is 0 Å². The standard InChI is InChI=1S/C14H22N2O3/c1-10(15-7-12(17)8-16(2)3)11-4-5-13-14(6-11)19-9-18-13/h4-6,10,12,15,17H,7-9H2,1-3H3. The first-order chi connectivity index (χ1) is 9.06. The van der Waals surface area contributed by atoms with Gasteiger partial charge >= 0.3 is 0 Å². The van der Waals surface area contributed by atoms with Crippen LogP contribution in [-0.4, -0.2) is 50.1 Å². The quantitative estimate of drug-likeness (QED) is 0.804. The van der Waals surface area contributed by atoms with Crippen LogP contribution in [0.5, 0.6) is 11.5 Å². The van der Waals surface area contributed by atoms with Gasteiger partial charge in [-0.05, 0) is 38.7 Å². The van der Waals surface area contributed by atoms with Crippen molar-refractivity contribution in [2.24, 2.45) is 0 Å². The first-order valence-electron chi connectivity index (χ1n) is 6.52. The van der Waals surface area contributed by atoms with Gasteiger partial charge in [0.25, 0.3) is 0 Å². The second-order valence-electron chi connectivity index (χ2n) is 5.16. The first-order valence-corrected chi connectivity index (χ1v) is 6.52. The minimum absolute atomic E-state index is 0.159. The maximum atomic E-state index is 9.82. The number of nitrogens with one attached hydrogen (secondary N) is 1. The van der Waals surface area contributed by atoms with E-state index in [9.17, 15) is 5.11 Å². The summed E-state index contributed by atoms with van der Waals surface area (Å²) in [6.45, 7) is 3.58. The summed E-state index contributed by atoms with van der Waals surface area (Å²) >= 11 is 0. The van der Waals surface area contributed by atoms with Crippen LogP contribution >= 0.6 is 0 Å². The zero-order chi connectivity index (χ0) is 13.8. The highest BCUT2D eigenvalue weighted by Gasteiger charge is 2.16. The van der Waals surface area contributed by atoms with Gasteiger partial charge in [-0.15, -0.1) is 0 Å². The largest absolute Gasteiger partial charge is 0.454 e. The van der Waals surface area contributed by atoms with Gasteiger partial charge in [0.15, 0.2) is 11.5 Å². The molecular formula is C14H22N2O3. The topological polar surface area (TPSA) is 54.0 Å². The third kappa shape index (κ3) is 3.83. The highest BCUT2D eigenvalue weighted by molar-refractivity contribution is 5.45. The molecule has 0 fully saturated rings. The Morgan fingerprint density at radius 3 is 2.79 bits per heavy atom. The minimum atomic E-state index is -0.369. The van der Waals surface area contributed by atoms with E-state index in [1.54, 1.807) is 0 Å². The van der Waals surface area contributed by atoms with E-state index < -0.39 is 0 Å². The lowest BCUT2D eigenvalue weighted by Crippen LogP contribution is -2.36. The van der Waals surface area contributed by atoms with E-state index in [1.165, 1.54) is 0 Å². The molecule has 5 heteroatoms. The summed E-state index contributed by atoms with van der Waals surface area (Å²) < 4.78 is 10.6. The molecule has 1 heterocycles. The van der Waals surface area contributed by atoms with Gasteiger partial charge in [-0.2, -0.15) is 0 Å². The van der Waals surface area contributed by atoms with Crippen molar-refractivity contribution < 1.29 is 14.6 Å². The van der Waals surface area contributed by atoms with Gasteiger partial charge in [0.2, 0.25) is 6.79 Å². The van der Waals surface area contributed by atoms with E-state index in [2.05, 4.69) is 12.2 Å². The highest BCUT2D eigenvalue weighted by atomic mass is 16.7. The van der Waals surface area contributed by atoms with Gasteiger partial charge in [-0.25, -0.2) is 0 Å². The molecule has 2 atom stereocenters. The molecule has 19 heavy (non-hydrogen) atoms. The van der Waals surface area contributed by atoms with Crippen LogP contribution in [0.3, 0.4) is 0 Å². The molecule has 2 rings (SSSR count). The van der Waals surface area contributed by atoms with Crippen LogP contribution < -0.4 is 14.8 Å². The fourth-order valence-corrected chi connectivity index (χ4v) is 2.10. The monoisotopic (exact) mass is 266 g/mol. The predicted molar refractivity (Wildman–Crippen MR) is 73.5 cm³/mol. The number of fused-ring (bicyclic) bond motifs is 1. The van der Waals surface area contributed by atoms with Crippen molar-refractivity contribution in [3.63, 3.8) is 0 Å². The number of hydrogen-bond acceptors (Lipinski definition) is 5. The van der Waals surface area contributed by atoms with Crippen molar-refractivity contribution >= 4 is 0 Å². The van der Waals surface area contributed by atoms with Crippen LogP contribution in [0, 0.1) is 0 Å². The zero-order valence-corrected chi connectivity index (χ0v) is 11.7. The lowest BCUT2D eigenvalue weighted by atomic mass is 10.1. The molecule has 0 saturated heterocycles. The summed E-state index contributed by atoms with van der Waals surface area (Å²) in [7, 11) is 3.90. The number of ether oxygens (including phenoxy) is 2. The smallest absolute Gasteiger partial charge is 0.231 e. The van der Waals surface area contributed by atoms with Gasteiger partial charge in [0.05, 0.1) is 6.10 Å². The number of hydrogen-bond donors (Lipinski definition) is 2. The second-order valence-corrected chi connectivity index (χ2v) is 5.16. The molecule has 0 aromatic heterocycles. The summed E-state index contributed by atoms with van der Waals surface area (Å²) in [5, 5.41) is 13.1. The molecule has 2 unspecified atom stereocenters. The van der Waals surface area contributed by atoms with Gasteiger partial charge < -0.3 is 24.8 Å². The molecule has 1 aliphatic rings. The van der Waals surface area contributed by atoms with Crippen LogP contribution in [-0.2, 0) is 0 Å². The van der Waals surface area contributed by atoms with Crippen molar-refractivity contribution in [1.82, 2.24) is 10.2 Å². The van der Waals surface area contributed by atoms with E-state index in [4.69, 9.17) is 9.47 Å². The molecule has 1 aliphatic heterocycles. The Hall–Kier alpha value is -1.30. The number of nitrogens with zero attached hydrogens (tertiary/aromatic N) is 1. The number of aliphatic hydroxyl groups excluding tert-OH is 1. The summed E-state index contributed by atoms with van der Waals surface area (Å²) in [4.78, 5) is 1.97. The molecule has 0 spiro atoms. The van der Waals surface area contributed by atoms with Crippen molar-refractivity contribution in [1.29, 1.82) is 0 Å². The molecule has 1 aromatic rings. The SMILES string of the molecule is CC(NCC(O)CN(C)C)c1ccc2c(c1)OCO2. The Labute approximate surface area is 114 Å². The van der Waals surface area contributed by atoms with Crippen molar-refractivity contribution in [3.8, 4) is 11.5 Å². The maximum Gasteiger partial charge on any atom is 0.231 e. The lowest BCUT2D eigenvalue weighted by molar-refractivity contribution is 0.132. The molecule has 0 saturated carbocycles. The number of rotatable bonds is 6. The molecule has 106 valence electrons. The van der Waals surface area contributed by atoms with Crippen LogP contribution in [0.4, 0.5) is 0 Å². The molecule has 0 bridgehead atoms. The van der Waals surface area contributed by atoms with E-state index >= 15 is 0 Å². The van der Waals surface area contributed by atoms with Gasteiger partial charge in [-0.3, -0.25) is 0 Å². The van der Waals surface area contributed by atoms with E-state index in [0.29, 0.717) is 19.9 Å². The number of benzene rings is 1. The van der Waals surface area contributed by atoms with Gasteiger partial charge in [0, 0.05) is 19.1 Å². The van der Waals surface area contributed by atoms with Crippen molar-refractivity contribution in [3.05, 3.63) is 23.8 Å². The van der Waals surface area contributed by atoms with E-state index in [0.717, 1.165) is 17.1 Å². The Balaban J connectivity index is 1.87. The fraction of sp³-hybridized carbons (Fsp3) is 0.571. The average Bonchev–Trinajstić information content (AvgIpc) is 2.82. The Bertz CT molecular complexity index is 423. The average molecular weight is 266 g/mol.